The Morgan fingerprint density at radius 2 is 1.96 bits per heavy atom. The van der Waals surface area contributed by atoms with E-state index in [-0.39, 0.29) is 6.61 Å². The van der Waals surface area contributed by atoms with Crippen LogP contribution in [0.4, 0.5) is 0 Å². The number of benzene rings is 2. The maximum absolute atomic E-state index is 12.2. The molecule has 5 heteroatoms. The molecule has 2 aromatic carbocycles. The normalized spacial score (nSPS) is 11.1. The van der Waals surface area contributed by atoms with Gasteiger partial charge in [0.05, 0.1) is 6.26 Å². The van der Waals surface area contributed by atoms with Crippen LogP contribution < -0.4 is 5.63 Å². The molecule has 0 aliphatic rings. The molecule has 0 aliphatic heterocycles. The first-order valence-corrected chi connectivity index (χ1v) is 7.79. The summed E-state index contributed by atoms with van der Waals surface area (Å²) in [5.41, 5.74) is 0.972. The Morgan fingerprint density at radius 3 is 2.76 bits per heavy atom. The van der Waals surface area contributed by atoms with Gasteiger partial charge in [-0.05, 0) is 29.8 Å². The first-order chi connectivity index (χ1) is 12.1. The molecule has 0 aliphatic carbocycles. The minimum Gasteiger partial charge on any atom is -0.469 e. The zero-order chi connectivity index (χ0) is 17.4. The molecule has 0 bridgehead atoms. The Balaban J connectivity index is 1.78. The van der Waals surface area contributed by atoms with Crippen LogP contribution in [0.3, 0.4) is 0 Å². The van der Waals surface area contributed by atoms with Crippen molar-refractivity contribution in [2.24, 2.45) is 0 Å². The molecule has 4 rings (SSSR count). The van der Waals surface area contributed by atoms with Gasteiger partial charge in [-0.25, -0.2) is 9.59 Å². The van der Waals surface area contributed by atoms with Gasteiger partial charge in [0.15, 0.2) is 0 Å². The number of ether oxygens (including phenoxy) is 1. The molecule has 0 amide bonds. The minimum absolute atomic E-state index is 0.0282. The monoisotopic (exact) mass is 334 g/mol. The summed E-state index contributed by atoms with van der Waals surface area (Å²) in [5, 5.41) is 2.73. The zero-order valence-corrected chi connectivity index (χ0v) is 13.4. The molecule has 0 spiro atoms. The van der Waals surface area contributed by atoms with Gasteiger partial charge in [0.25, 0.3) is 0 Å². The lowest BCUT2D eigenvalue weighted by molar-refractivity contribution is 0.0472. The largest absolute Gasteiger partial charge is 0.469 e. The van der Waals surface area contributed by atoms with Crippen molar-refractivity contribution in [1.29, 1.82) is 0 Å². The predicted octanol–water partition coefficient (Wildman–Crippen LogP) is 4.20. The topological polar surface area (TPSA) is 69.7 Å². The minimum atomic E-state index is -0.493. The molecule has 0 atom stereocenters. The molecular weight excluding hydrogens is 320 g/mol. The number of hydrogen-bond donors (Lipinski definition) is 0. The number of aryl methyl sites for hydroxylation is 1. The molecule has 0 radical (unpaired) electrons. The molecule has 0 saturated heterocycles. The number of carbonyl (C=O) groups is 1. The van der Waals surface area contributed by atoms with Gasteiger partial charge in [-0.2, -0.15) is 0 Å². The second-order valence-electron chi connectivity index (χ2n) is 5.72. The molecule has 5 nitrogen and oxygen atoms in total. The Labute approximate surface area is 142 Å². The van der Waals surface area contributed by atoms with Crippen molar-refractivity contribution in [1.82, 2.24) is 0 Å². The van der Waals surface area contributed by atoms with Gasteiger partial charge in [-0.3, -0.25) is 0 Å². The predicted molar refractivity (Wildman–Crippen MR) is 92.6 cm³/mol. The van der Waals surface area contributed by atoms with Crippen LogP contribution in [0.25, 0.3) is 21.7 Å². The molecular formula is C20H14O5. The van der Waals surface area contributed by atoms with E-state index in [4.69, 9.17) is 13.6 Å². The van der Waals surface area contributed by atoms with Gasteiger partial charge < -0.3 is 13.6 Å². The third-order valence-electron chi connectivity index (χ3n) is 4.15. The average molecular weight is 334 g/mol. The third kappa shape index (κ3) is 2.70. The molecule has 0 unspecified atom stereocenters. The van der Waals surface area contributed by atoms with E-state index in [1.807, 2.05) is 30.3 Å². The van der Waals surface area contributed by atoms with Gasteiger partial charge in [0.2, 0.25) is 0 Å². The van der Waals surface area contributed by atoms with Crippen molar-refractivity contribution < 1.29 is 18.4 Å². The summed E-state index contributed by atoms with van der Waals surface area (Å²) in [6, 6.07) is 14.4. The summed E-state index contributed by atoms with van der Waals surface area (Å²) in [6.45, 7) is 1.66. The maximum Gasteiger partial charge on any atom is 0.342 e. The number of furan rings is 1. The molecule has 2 aromatic heterocycles. The van der Waals surface area contributed by atoms with Crippen molar-refractivity contribution in [3.05, 3.63) is 82.1 Å². The van der Waals surface area contributed by atoms with Crippen LogP contribution in [0.5, 0.6) is 0 Å². The fourth-order valence-corrected chi connectivity index (χ4v) is 2.95. The summed E-state index contributed by atoms with van der Waals surface area (Å²) in [5.74, 6) is 0.000705. The van der Waals surface area contributed by atoms with E-state index in [9.17, 15) is 9.59 Å². The first kappa shape index (κ1) is 15.2. The number of esters is 1. The number of fused-ring (bicyclic) bond motifs is 3. The summed E-state index contributed by atoms with van der Waals surface area (Å²) in [7, 11) is 0. The van der Waals surface area contributed by atoms with Crippen LogP contribution in [0.1, 0.15) is 21.7 Å². The van der Waals surface area contributed by atoms with E-state index < -0.39 is 11.6 Å². The first-order valence-electron chi connectivity index (χ1n) is 7.79. The average Bonchev–Trinajstić information content (AvgIpc) is 3.05. The van der Waals surface area contributed by atoms with Gasteiger partial charge in [0.1, 0.15) is 23.5 Å². The smallest absolute Gasteiger partial charge is 0.342 e. The number of hydrogen-bond acceptors (Lipinski definition) is 5. The van der Waals surface area contributed by atoms with E-state index in [1.165, 1.54) is 12.3 Å². The number of carbonyl (C=O) groups excluding carboxylic acids is 1. The highest BCUT2D eigenvalue weighted by molar-refractivity contribution is 6.07. The molecule has 0 fully saturated rings. The highest BCUT2D eigenvalue weighted by Gasteiger charge is 2.15. The van der Waals surface area contributed by atoms with E-state index in [0.29, 0.717) is 22.5 Å². The molecule has 25 heavy (non-hydrogen) atoms. The van der Waals surface area contributed by atoms with Crippen molar-refractivity contribution in [2.75, 3.05) is 0 Å². The second-order valence-corrected chi connectivity index (χ2v) is 5.72. The molecule has 124 valence electrons. The highest BCUT2D eigenvalue weighted by Crippen LogP contribution is 2.28. The quantitative estimate of drug-likeness (QED) is 0.319. The lowest BCUT2D eigenvalue weighted by atomic mass is 10.0. The van der Waals surface area contributed by atoms with Gasteiger partial charge in [-0.15, -0.1) is 0 Å². The Morgan fingerprint density at radius 1 is 1.12 bits per heavy atom. The van der Waals surface area contributed by atoms with E-state index in [0.717, 1.165) is 16.2 Å². The van der Waals surface area contributed by atoms with Gasteiger partial charge in [0, 0.05) is 17.0 Å². The van der Waals surface area contributed by atoms with Crippen LogP contribution in [-0.4, -0.2) is 5.97 Å². The van der Waals surface area contributed by atoms with Gasteiger partial charge >= 0.3 is 11.6 Å². The Hall–Kier alpha value is -3.34. The second kappa shape index (κ2) is 5.94. The lowest BCUT2D eigenvalue weighted by Gasteiger charge is -2.09. The third-order valence-corrected chi connectivity index (χ3v) is 4.15. The standard InChI is InChI=1S/C20H14O5/c1-12-15(8-9-23-12)20(22)24-11-14-10-18(21)25-17-7-6-13-4-2-3-5-16(13)19(14)17/h2-10H,11H2,1H3. The Bertz CT molecular complexity index is 1150. The molecule has 0 N–H and O–H groups in total. The fraction of sp³-hybridized carbons (Fsp3) is 0.100. The van der Waals surface area contributed by atoms with Gasteiger partial charge in [-0.1, -0.05) is 30.3 Å². The summed E-state index contributed by atoms with van der Waals surface area (Å²) >= 11 is 0. The summed E-state index contributed by atoms with van der Waals surface area (Å²) in [6.07, 6.45) is 1.44. The van der Waals surface area contributed by atoms with Crippen molar-refractivity contribution >= 4 is 27.7 Å². The highest BCUT2D eigenvalue weighted by atomic mass is 16.5. The van der Waals surface area contributed by atoms with Crippen LogP contribution >= 0.6 is 0 Å². The SMILES string of the molecule is Cc1occc1C(=O)OCc1cc(=O)oc2ccc3ccccc3c12. The van der Waals surface area contributed by atoms with E-state index >= 15 is 0 Å². The maximum atomic E-state index is 12.2. The zero-order valence-electron chi connectivity index (χ0n) is 13.4. The fourth-order valence-electron chi connectivity index (χ4n) is 2.95. The van der Waals surface area contributed by atoms with Crippen LogP contribution in [0, 0.1) is 6.92 Å². The van der Waals surface area contributed by atoms with Crippen molar-refractivity contribution in [3.8, 4) is 0 Å². The number of rotatable bonds is 3. The van der Waals surface area contributed by atoms with Crippen LogP contribution in [0.2, 0.25) is 0 Å². The van der Waals surface area contributed by atoms with Crippen LogP contribution in [-0.2, 0) is 11.3 Å². The van der Waals surface area contributed by atoms with Crippen molar-refractivity contribution in [2.45, 2.75) is 13.5 Å². The van der Waals surface area contributed by atoms with Crippen molar-refractivity contribution in [3.63, 3.8) is 0 Å². The molecule has 2 heterocycles. The molecule has 4 aromatic rings. The summed E-state index contributed by atoms with van der Waals surface area (Å²) < 4.78 is 15.8. The Kier molecular flexibility index (Phi) is 3.61. The summed E-state index contributed by atoms with van der Waals surface area (Å²) in [4.78, 5) is 24.0. The van der Waals surface area contributed by atoms with Crippen LogP contribution in [0.15, 0.2) is 68.4 Å². The van der Waals surface area contributed by atoms with E-state index in [2.05, 4.69) is 0 Å². The molecule has 0 saturated carbocycles. The lowest BCUT2D eigenvalue weighted by Crippen LogP contribution is -2.08. The van der Waals surface area contributed by atoms with E-state index in [1.54, 1.807) is 19.1 Å².